The summed E-state index contributed by atoms with van der Waals surface area (Å²) in [7, 11) is 0. The van der Waals surface area contributed by atoms with Crippen LogP contribution in [0.3, 0.4) is 0 Å². The number of aromatic hydroxyl groups is 1. The molecule has 4 rings (SSSR count). The molecular weight excluding hydrogens is 530 g/mol. The normalized spacial score (nSPS) is 11.6. The zero-order valence-corrected chi connectivity index (χ0v) is 22.2. The van der Waals surface area contributed by atoms with E-state index >= 15 is 0 Å². The number of aromatic nitrogens is 2. The van der Waals surface area contributed by atoms with Crippen molar-refractivity contribution in [2.24, 2.45) is 5.10 Å². The van der Waals surface area contributed by atoms with Gasteiger partial charge in [0.15, 0.2) is 5.82 Å². The van der Waals surface area contributed by atoms with Gasteiger partial charge in [-0.2, -0.15) is 9.78 Å². The van der Waals surface area contributed by atoms with Gasteiger partial charge in [0, 0.05) is 16.1 Å². The van der Waals surface area contributed by atoms with Crippen LogP contribution in [0.5, 0.6) is 11.5 Å². The minimum atomic E-state index is -0.318. The van der Waals surface area contributed by atoms with Crippen molar-refractivity contribution in [3.8, 4) is 22.9 Å². The standard InChI is InChI=1S/C27H25BrClN3O3/c1-5-35-24-10-16(4)21(13-20(24)15(2)3)26-31-23-9-7-6-8-19(23)27(34)32(26)30-14-17-11-18(29)12-22(28)25(17)33/h6-15,33H,5H2,1-4H3. The van der Waals surface area contributed by atoms with Crippen molar-refractivity contribution in [1.82, 2.24) is 9.66 Å². The Bertz CT molecular complexity index is 1510. The first-order valence-corrected chi connectivity index (χ1v) is 12.4. The number of rotatable bonds is 6. The number of fused-ring (bicyclic) bond motifs is 1. The third-order valence-corrected chi connectivity index (χ3v) is 6.47. The van der Waals surface area contributed by atoms with Crippen molar-refractivity contribution in [3.05, 3.63) is 85.1 Å². The molecule has 0 unspecified atom stereocenters. The van der Waals surface area contributed by atoms with E-state index in [0.29, 0.717) is 38.4 Å². The van der Waals surface area contributed by atoms with Gasteiger partial charge in [-0.1, -0.05) is 37.6 Å². The van der Waals surface area contributed by atoms with Crippen molar-refractivity contribution in [2.75, 3.05) is 6.61 Å². The predicted octanol–water partition coefficient (Wildman–Crippen LogP) is 6.90. The number of phenols is 1. The van der Waals surface area contributed by atoms with Crippen LogP contribution in [0.4, 0.5) is 0 Å². The van der Waals surface area contributed by atoms with Gasteiger partial charge in [-0.05, 0) is 83.2 Å². The Labute approximate surface area is 217 Å². The molecule has 0 aliphatic rings. The molecule has 1 aromatic heterocycles. The highest BCUT2D eigenvalue weighted by Gasteiger charge is 2.18. The quantitative estimate of drug-likeness (QED) is 0.263. The molecule has 1 N–H and O–H groups in total. The van der Waals surface area contributed by atoms with Crippen LogP contribution < -0.4 is 10.3 Å². The third-order valence-electron chi connectivity index (χ3n) is 5.64. The van der Waals surface area contributed by atoms with Crippen LogP contribution in [0.25, 0.3) is 22.3 Å². The van der Waals surface area contributed by atoms with Gasteiger partial charge in [0.1, 0.15) is 11.5 Å². The number of hydrogen-bond acceptors (Lipinski definition) is 5. The van der Waals surface area contributed by atoms with E-state index in [-0.39, 0.29) is 17.2 Å². The molecule has 6 nitrogen and oxygen atoms in total. The number of aryl methyl sites for hydroxylation is 1. The summed E-state index contributed by atoms with van der Waals surface area (Å²) in [5.41, 5.74) is 3.31. The zero-order valence-electron chi connectivity index (χ0n) is 19.8. The van der Waals surface area contributed by atoms with Crippen molar-refractivity contribution in [2.45, 2.75) is 33.6 Å². The van der Waals surface area contributed by atoms with Gasteiger partial charge in [-0.25, -0.2) is 4.98 Å². The van der Waals surface area contributed by atoms with Crippen molar-refractivity contribution in [1.29, 1.82) is 0 Å². The van der Waals surface area contributed by atoms with E-state index in [2.05, 4.69) is 34.9 Å². The Balaban J connectivity index is 2.00. The van der Waals surface area contributed by atoms with Crippen molar-refractivity contribution < 1.29 is 9.84 Å². The van der Waals surface area contributed by atoms with E-state index in [1.54, 1.807) is 30.3 Å². The summed E-state index contributed by atoms with van der Waals surface area (Å²) in [5, 5.41) is 15.8. The highest BCUT2D eigenvalue weighted by Crippen LogP contribution is 2.34. The van der Waals surface area contributed by atoms with Crippen LogP contribution >= 0.6 is 27.5 Å². The van der Waals surface area contributed by atoms with Gasteiger partial charge in [0.2, 0.25) is 0 Å². The fourth-order valence-corrected chi connectivity index (χ4v) is 4.71. The topological polar surface area (TPSA) is 76.7 Å². The SMILES string of the molecule is CCOc1cc(C)c(-c2nc3ccccc3c(=O)n2N=Cc2cc(Cl)cc(Br)c2O)cc1C(C)C. The lowest BCUT2D eigenvalue weighted by atomic mass is 9.96. The van der Waals surface area contributed by atoms with Gasteiger partial charge in [-0.3, -0.25) is 4.79 Å². The molecular formula is C27H25BrClN3O3. The first-order valence-electron chi connectivity index (χ1n) is 11.2. The fourth-order valence-electron chi connectivity index (χ4n) is 3.88. The first-order chi connectivity index (χ1) is 16.7. The lowest BCUT2D eigenvalue weighted by molar-refractivity contribution is 0.335. The molecule has 0 amide bonds. The maximum atomic E-state index is 13.5. The summed E-state index contributed by atoms with van der Waals surface area (Å²) in [4.78, 5) is 18.4. The molecule has 0 aliphatic heterocycles. The number of halogens is 2. The van der Waals surface area contributed by atoms with Crippen LogP contribution in [0.1, 0.15) is 43.4 Å². The second-order valence-electron chi connectivity index (χ2n) is 8.43. The maximum absolute atomic E-state index is 13.5. The minimum absolute atomic E-state index is 0.0270. The van der Waals surface area contributed by atoms with Gasteiger partial charge in [0.25, 0.3) is 5.56 Å². The first kappa shape index (κ1) is 24.9. The number of ether oxygens (including phenoxy) is 1. The molecule has 0 radical (unpaired) electrons. The summed E-state index contributed by atoms with van der Waals surface area (Å²) in [5.74, 6) is 1.38. The molecule has 0 atom stereocenters. The monoisotopic (exact) mass is 553 g/mol. The summed E-state index contributed by atoms with van der Waals surface area (Å²) in [6, 6.07) is 14.3. The molecule has 4 aromatic rings. The van der Waals surface area contributed by atoms with Crippen LogP contribution in [-0.4, -0.2) is 27.6 Å². The summed E-state index contributed by atoms with van der Waals surface area (Å²) in [6.07, 6.45) is 1.40. The van der Waals surface area contributed by atoms with Gasteiger partial charge in [0.05, 0.1) is 28.2 Å². The average molecular weight is 555 g/mol. The molecule has 3 aromatic carbocycles. The van der Waals surface area contributed by atoms with Crippen LogP contribution in [-0.2, 0) is 0 Å². The minimum Gasteiger partial charge on any atom is -0.506 e. The van der Waals surface area contributed by atoms with Crippen LogP contribution in [0.15, 0.2) is 62.9 Å². The Morgan fingerprint density at radius 1 is 1.23 bits per heavy atom. The fraction of sp³-hybridized carbons (Fsp3) is 0.222. The molecule has 8 heteroatoms. The van der Waals surface area contributed by atoms with Gasteiger partial charge in [-0.15, -0.1) is 0 Å². The largest absolute Gasteiger partial charge is 0.506 e. The number of para-hydroxylation sites is 1. The molecule has 0 fully saturated rings. The smallest absolute Gasteiger partial charge is 0.282 e. The highest BCUT2D eigenvalue weighted by molar-refractivity contribution is 9.10. The summed E-state index contributed by atoms with van der Waals surface area (Å²) >= 11 is 9.44. The summed E-state index contributed by atoms with van der Waals surface area (Å²) < 4.78 is 7.57. The van der Waals surface area contributed by atoms with Crippen LogP contribution in [0, 0.1) is 6.92 Å². The lowest BCUT2D eigenvalue weighted by Crippen LogP contribution is -2.21. The number of benzene rings is 3. The van der Waals surface area contributed by atoms with E-state index in [9.17, 15) is 9.90 Å². The van der Waals surface area contributed by atoms with E-state index in [0.717, 1.165) is 22.4 Å². The highest BCUT2D eigenvalue weighted by atomic mass is 79.9. The Kier molecular flexibility index (Phi) is 7.28. The van der Waals surface area contributed by atoms with E-state index in [1.165, 1.54) is 10.9 Å². The molecule has 0 saturated carbocycles. The predicted molar refractivity (Wildman–Crippen MR) is 145 cm³/mol. The molecule has 0 spiro atoms. The number of hydrogen-bond donors (Lipinski definition) is 1. The second-order valence-corrected chi connectivity index (χ2v) is 9.72. The van der Waals surface area contributed by atoms with Gasteiger partial charge < -0.3 is 9.84 Å². The van der Waals surface area contributed by atoms with Crippen molar-refractivity contribution >= 4 is 44.6 Å². The Morgan fingerprint density at radius 2 is 1.97 bits per heavy atom. The van der Waals surface area contributed by atoms with Gasteiger partial charge >= 0.3 is 0 Å². The number of nitrogens with zero attached hydrogens (tertiary/aromatic N) is 3. The lowest BCUT2D eigenvalue weighted by Gasteiger charge is -2.18. The zero-order chi connectivity index (χ0) is 25.3. The van der Waals surface area contributed by atoms with E-state index < -0.39 is 0 Å². The summed E-state index contributed by atoms with van der Waals surface area (Å²) in [6.45, 7) is 8.65. The van der Waals surface area contributed by atoms with Crippen LogP contribution in [0.2, 0.25) is 5.02 Å². The molecule has 0 aliphatic carbocycles. The Hall–Kier alpha value is -3.16. The molecule has 0 bridgehead atoms. The van der Waals surface area contributed by atoms with E-state index in [1.807, 2.05) is 32.0 Å². The van der Waals surface area contributed by atoms with Crippen molar-refractivity contribution in [3.63, 3.8) is 0 Å². The second kappa shape index (κ2) is 10.2. The molecule has 0 saturated heterocycles. The molecule has 1 heterocycles. The third kappa shape index (κ3) is 4.97. The Morgan fingerprint density at radius 3 is 2.69 bits per heavy atom. The number of phenolic OH excluding ortho intramolecular Hbond substituents is 1. The molecule has 180 valence electrons. The average Bonchev–Trinajstić information content (AvgIpc) is 2.81. The maximum Gasteiger partial charge on any atom is 0.282 e. The van der Waals surface area contributed by atoms with E-state index in [4.69, 9.17) is 21.3 Å². The molecule has 35 heavy (non-hydrogen) atoms.